The molecule has 0 bridgehead atoms. The third-order valence-electron chi connectivity index (χ3n) is 3.68. The average Bonchev–Trinajstić information content (AvgIpc) is 3.01. The third kappa shape index (κ3) is 2.57. The zero-order chi connectivity index (χ0) is 11.8. The van der Waals surface area contributed by atoms with Crippen molar-refractivity contribution < 1.29 is 13.2 Å². The van der Waals surface area contributed by atoms with Gasteiger partial charge in [0.05, 0.1) is 5.25 Å². The van der Waals surface area contributed by atoms with Gasteiger partial charge in [-0.1, -0.05) is 6.92 Å². The first kappa shape index (κ1) is 12.3. The van der Waals surface area contributed by atoms with E-state index in [2.05, 4.69) is 6.92 Å². The maximum atomic E-state index is 12.0. The van der Waals surface area contributed by atoms with Gasteiger partial charge in [-0.05, 0) is 31.1 Å². The summed E-state index contributed by atoms with van der Waals surface area (Å²) in [5, 5.41) is -0.0964. The molecule has 0 amide bonds. The molecule has 1 aliphatic carbocycles. The SMILES string of the molecule is CN(CC1(C)CCOCC1)S(=O)(=O)C1CC1. The quantitative estimate of drug-likeness (QED) is 0.750. The van der Waals surface area contributed by atoms with E-state index in [0.717, 1.165) is 38.9 Å². The molecule has 0 atom stereocenters. The van der Waals surface area contributed by atoms with Crippen molar-refractivity contribution in [2.24, 2.45) is 5.41 Å². The number of rotatable bonds is 4. The molecule has 0 aromatic heterocycles. The fourth-order valence-corrected chi connectivity index (χ4v) is 4.00. The molecule has 16 heavy (non-hydrogen) atoms. The van der Waals surface area contributed by atoms with E-state index in [-0.39, 0.29) is 10.7 Å². The van der Waals surface area contributed by atoms with E-state index in [4.69, 9.17) is 4.74 Å². The van der Waals surface area contributed by atoms with E-state index in [0.29, 0.717) is 6.54 Å². The topological polar surface area (TPSA) is 46.6 Å². The second kappa shape index (κ2) is 4.27. The Labute approximate surface area is 98.0 Å². The number of ether oxygens (including phenoxy) is 1. The van der Waals surface area contributed by atoms with Gasteiger partial charge in [0.1, 0.15) is 0 Å². The van der Waals surface area contributed by atoms with Crippen LogP contribution in [-0.4, -0.2) is 44.8 Å². The molecular weight excluding hydrogens is 226 g/mol. The van der Waals surface area contributed by atoms with E-state index in [1.165, 1.54) is 0 Å². The summed E-state index contributed by atoms with van der Waals surface area (Å²) in [7, 11) is -1.29. The number of nitrogens with zero attached hydrogens (tertiary/aromatic N) is 1. The van der Waals surface area contributed by atoms with E-state index < -0.39 is 10.0 Å². The Morgan fingerprint density at radius 1 is 1.31 bits per heavy atom. The molecule has 0 unspecified atom stereocenters. The van der Waals surface area contributed by atoms with Crippen molar-refractivity contribution in [3.63, 3.8) is 0 Å². The highest BCUT2D eigenvalue weighted by Crippen LogP contribution is 2.35. The summed E-state index contributed by atoms with van der Waals surface area (Å²) < 4.78 is 30.9. The highest BCUT2D eigenvalue weighted by Gasteiger charge is 2.41. The van der Waals surface area contributed by atoms with Crippen molar-refractivity contribution in [1.29, 1.82) is 0 Å². The Balaban J connectivity index is 1.97. The molecule has 5 heteroatoms. The van der Waals surface area contributed by atoms with E-state index in [1.54, 1.807) is 11.4 Å². The van der Waals surface area contributed by atoms with Gasteiger partial charge in [-0.25, -0.2) is 12.7 Å². The lowest BCUT2D eigenvalue weighted by atomic mass is 9.82. The van der Waals surface area contributed by atoms with Crippen LogP contribution in [-0.2, 0) is 14.8 Å². The monoisotopic (exact) mass is 247 g/mol. The molecule has 0 aromatic rings. The van der Waals surface area contributed by atoms with Gasteiger partial charge in [0.2, 0.25) is 10.0 Å². The zero-order valence-corrected chi connectivity index (χ0v) is 10.9. The molecule has 1 aliphatic heterocycles. The molecule has 0 spiro atoms. The molecule has 2 fully saturated rings. The van der Waals surface area contributed by atoms with Gasteiger partial charge in [-0.15, -0.1) is 0 Å². The first-order valence-electron chi connectivity index (χ1n) is 5.97. The zero-order valence-electron chi connectivity index (χ0n) is 10.1. The van der Waals surface area contributed by atoms with Crippen LogP contribution in [0.3, 0.4) is 0 Å². The average molecular weight is 247 g/mol. The predicted molar refractivity (Wildman–Crippen MR) is 62.7 cm³/mol. The van der Waals surface area contributed by atoms with Crippen molar-refractivity contribution in [3.05, 3.63) is 0 Å². The molecule has 1 saturated carbocycles. The maximum absolute atomic E-state index is 12.0. The van der Waals surface area contributed by atoms with Gasteiger partial charge in [0.15, 0.2) is 0 Å². The summed E-state index contributed by atoms with van der Waals surface area (Å²) in [6.45, 7) is 4.31. The number of sulfonamides is 1. The molecule has 0 aromatic carbocycles. The molecule has 1 heterocycles. The largest absolute Gasteiger partial charge is 0.381 e. The lowest BCUT2D eigenvalue weighted by Crippen LogP contribution is -2.41. The lowest BCUT2D eigenvalue weighted by molar-refractivity contribution is 0.0174. The maximum Gasteiger partial charge on any atom is 0.216 e. The predicted octanol–water partition coefficient (Wildman–Crippen LogP) is 1.23. The first-order chi connectivity index (χ1) is 7.44. The minimum atomic E-state index is -3.01. The first-order valence-corrected chi connectivity index (χ1v) is 7.47. The van der Waals surface area contributed by atoms with E-state index in [1.807, 2.05) is 0 Å². The Morgan fingerprint density at radius 3 is 2.38 bits per heavy atom. The lowest BCUT2D eigenvalue weighted by Gasteiger charge is -2.36. The van der Waals surface area contributed by atoms with Crippen LogP contribution in [0.15, 0.2) is 0 Å². The normalized spacial score (nSPS) is 25.9. The van der Waals surface area contributed by atoms with Crippen molar-refractivity contribution >= 4 is 10.0 Å². The minimum Gasteiger partial charge on any atom is -0.381 e. The summed E-state index contributed by atoms with van der Waals surface area (Å²) in [6, 6.07) is 0. The van der Waals surface area contributed by atoms with Crippen LogP contribution in [0.4, 0.5) is 0 Å². The van der Waals surface area contributed by atoms with Crippen LogP contribution in [0.25, 0.3) is 0 Å². The second-order valence-electron chi connectivity index (χ2n) is 5.42. The molecular formula is C11H21NO3S. The molecule has 4 nitrogen and oxygen atoms in total. The van der Waals surface area contributed by atoms with Gasteiger partial charge >= 0.3 is 0 Å². The summed E-state index contributed by atoms with van der Waals surface area (Å²) in [6.07, 6.45) is 3.59. The van der Waals surface area contributed by atoms with Gasteiger partial charge in [-0.2, -0.15) is 0 Å². The molecule has 1 saturated heterocycles. The Bertz CT molecular complexity index is 342. The highest BCUT2D eigenvalue weighted by atomic mass is 32.2. The van der Waals surface area contributed by atoms with Gasteiger partial charge < -0.3 is 4.74 Å². The highest BCUT2D eigenvalue weighted by molar-refractivity contribution is 7.90. The fraction of sp³-hybridized carbons (Fsp3) is 1.00. The molecule has 2 rings (SSSR count). The summed E-state index contributed by atoms with van der Waals surface area (Å²) in [5.74, 6) is 0. The van der Waals surface area contributed by atoms with Crippen LogP contribution in [0, 0.1) is 5.41 Å². The van der Waals surface area contributed by atoms with Crippen LogP contribution >= 0.6 is 0 Å². The second-order valence-corrected chi connectivity index (χ2v) is 7.74. The summed E-state index contributed by atoms with van der Waals surface area (Å²) in [4.78, 5) is 0. The van der Waals surface area contributed by atoms with E-state index >= 15 is 0 Å². The van der Waals surface area contributed by atoms with Crippen LogP contribution in [0.5, 0.6) is 0 Å². The standard InChI is InChI=1S/C11H21NO3S/c1-11(5-7-15-8-6-11)9-12(2)16(13,14)10-3-4-10/h10H,3-9H2,1-2H3. The molecule has 2 aliphatic rings. The Kier molecular flexibility index (Phi) is 3.29. The number of hydrogen-bond acceptors (Lipinski definition) is 3. The Morgan fingerprint density at radius 2 is 1.88 bits per heavy atom. The van der Waals surface area contributed by atoms with Crippen LogP contribution < -0.4 is 0 Å². The van der Waals surface area contributed by atoms with Crippen LogP contribution in [0.2, 0.25) is 0 Å². The summed E-state index contributed by atoms with van der Waals surface area (Å²) >= 11 is 0. The molecule has 0 N–H and O–H groups in total. The molecule has 94 valence electrons. The van der Waals surface area contributed by atoms with Crippen molar-refractivity contribution in [3.8, 4) is 0 Å². The van der Waals surface area contributed by atoms with Crippen LogP contribution in [0.1, 0.15) is 32.6 Å². The third-order valence-corrected chi connectivity index (χ3v) is 6.00. The van der Waals surface area contributed by atoms with Gasteiger partial charge in [0, 0.05) is 26.8 Å². The van der Waals surface area contributed by atoms with Gasteiger partial charge in [-0.3, -0.25) is 0 Å². The van der Waals surface area contributed by atoms with Crippen molar-refractivity contribution in [2.75, 3.05) is 26.8 Å². The Hall–Kier alpha value is -0.130. The number of hydrogen-bond donors (Lipinski definition) is 0. The van der Waals surface area contributed by atoms with Crippen molar-refractivity contribution in [1.82, 2.24) is 4.31 Å². The van der Waals surface area contributed by atoms with E-state index in [9.17, 15) is 8.42 Å². The minimum absolute atomic E-state index is 0.0922. The smallest absolute Gasteiger partial charge is 0.216 e. The van der Waals surface area contributed by atoms with Gasteiger partial charge in [0.25, 0.3) is 0 Å². The molecule has 0 radical (unpaired) electrons. The van der Waals surface area contributed by atoms with Crippen molar-refractivity contribution in [2.45, 2.75) is 37.9 Å². The fourth-order valence-electron chi connectivity index (χ4n) is 2.27. The summed E-state index contributed by atoms with van der Waals surface area (Å²) in [5.41, 5.74) is 0.0922.